The van der Waals surface area contributed by atoms with Crippen molar-refractivity contribution in [2.75, 3.05) is 0 Å². The van der Waals surface area contributed by atoms with E-state index >= 15 is 0 Å². The molecule has 0 atom stereocenters. The monoisotopic (exact) mass is 441 g/mol. The van der Waals surface area contributed by atoms with Crippen LogP contribution in [0.2, 0.25) is 0 Å². The zero-order chi connectivity index (χ0) is 23.2. The summed E-state index contributed by atoms with van der Waals surface area (Å²) in [6, 6.07) is 16.4. The van der Waals surface area contributed by atoms with Crippen molar-refractivity contribution in [2.45, 2.75) is 61.3 Å². The molecular weight excluding hydrogens is 402 g/mol. The summed E-state index contributed by atoms with van der Waals surface area (Å²) in [6.45, 7) is 10.1. The number of para-hydroxylation sites is 1. The van der Waals surface area contributed by atoms with Crippen molar-refractivity contribution in [3.8, 4) is 0 Å². The fraction of sp³-hybridized carbons (Fsp3) is 0.300. The lowest BCUT2D eigenvalue weighted by molar-refractivity contribution is 1.13. The molecule has 0 N–H and O–H groups in total. The first-order valence-electron chi connectivity index (χ1n) is 11.6. The standard InChI is InChI=1S/C9H9N.2C8H7N.2C2H6.CH4/c1-7-6-8-4-2-3-5-9(8)10-7;2*1-3-7-4-2-6-9-8(7)5-1;2*1-2;/h2-5H,6H2,1H3;1-2,4-6H,3H2;1-4,6H,5H2;2*1-2H3;1H4. The number of hydrogen-bond acceptors (Lipinski definition) is 3. The third kappa shape index (κ3) is 8.27. The van der Waals surface area contributed by atoms with Crippen molar-refractivity contribution in [3.05, 3.63) is 101 Å². The number of benzene rings is 1. The Hall–Kier alpha value is -3.33. The molecule has 3 heteroatoms. The molecule has 0 saturated carbocycles. The molecular formula is C30H39N3. The predicted octanol–water partition coefficient (Wildman–Crippen LogP) is 8.33. The van der Waals surface area contributed by atoms with Gasteiger partial charge in [0, 0.05) is 30.9 Å². The first-order valence-corrected chi connectivity index (χ1v) is 11.6. The van der Waals surface area contributed by atoms with Gasteiger partial charge in [-0.15, -0.1) is 0 Å². The number of nitrogens with zero attached hydrogens (tertiary/aromatic N) is 3. The predicted molar refractivity (Wildman–Crippen MR) is 146 cm³/mol. The Morgan fingerprint density at radius 2 is 1.36 bits per heavy atom. The van der Waals surface area contributed by atoms with Crippen molar-refractivity contribution < 1.29 is 0 Å². The summed E-state index contributed by atoms with van der Waals surface area (Å²) in [5.74, 6) is 0. The molecule has 0 bridgehead atoms. The third-order valence-corrected chi connectivity index (χ3v) is 4.82. The molecule has 3 aromatic rings. The number of aliphatic imine (C=N–C) groups is 1. The molecule has 6 rings (SSSR count). The normalized spacial score (nSPS) is 12.3. The Morgan fingerprint density at radius 3 is 2.09 bits per heavy atom. The molecule has 174 valence electrons. The van der Waals surface area contributed by atoms with E-state index in [1.165, 1.54) is 28.1 Å². The van der Waals surface area contributed by atoms with E-state index in [4.69, 9.17) is 0 Å². The Bertz CT molecular complexity index is 1010. The Morgan fingerprint density at radius 1 is 0.697 bits per heavy atom. The lowest BCUT2D eigenvalue weighted by atomic mass is 10.1. The fourth-order valence-corrected chi connectivity index (χ4v) is 3.43. The summed E-state index contributed by atoms with van der Waals surface area (Å²) < 4.78 is 0. The van der Waals surface area contributed by atoms with Crippen molar-refractivity contribution in [1.29, 1.82) is 0 Å². The van der Waals surface area contributed by atoms with Gasteiger partial charge in [-0.1, -0.05) is 83.7 Å². The summed E-state index contributed by atoms with van der Waals surface area (Å²) in [5, 5.41) is 0. The number of aromatic nitrogens is 2. The number of allylic oxidation sites excluding steroid dienone is 2. The van der Waals surface area contributed by atoms with Crippen molar-refractivity contribution >= 4 is 23.6 Å². The minimum absolute atomic E-state index is 0. The minimum atomic E-state index is 0. The second kappa shape index (κ2) is 15.5. The lowest BCUT2D eigenvalue weighted by Crippen LogP contribution is -1.87. The summed E-state index contributed by atoms with van der Waals surface area (Å²) in [6.07, 6.45) is 15.2. The molecule has 3 nitrogen and oxygen atoms in total. The van der Waals surface area contributed by atoms with Crippen LogP contribution >= 0.6 is 0 Å². The van der Waals surface area contributed by atoms with Gasteiger partial charge in [0.1, 0.15) is 0 Å². The second-order valence-electron chi connectivity index (χ2n) is 6.95. The molecule has 2 aromatic heterocycles. The van der Waals surface area contributed by atoms with Crippen LogP contribution in [0.15, 0.2) is 78.1 Å². The van der Waals surface area contributed by atoms with Gasteiger partial charge in [0.2, 0.25) is 0 Å². The van der Waals surface area contributed by atoms with Gasteiger partial charge in [0.15, 0.2) is 0 Å². The Labute approximate surface area is 201 Å². The largest absolute Gasteiger partial charge is 0.260 e. The molecule has 0 spiro atoms. The number of hydrogen-bond donors (Lipinski definition) is 0. The zero-order valence-corrected chi connectivity index (χ0v) is 20.0. The van der Waals surface area contributed by atoms with Gasteiger partial charge in [-0.25, -0.2) is 0 Å². The summed E-state index contributed by atoms with van der Waals surface area (Å²) in [4.78, 5) is 12.7. The smallest absolute Gasteiger partial charge is 0.0664 e. The van der Waals surface area contributed by atoms with Crippen molar-refractivity contribution in [3.63, 3.8) is 0 Å². The molecule has 33 heavy (non-hydrogen) atoms. The maximum absolute atomic E-state index is 4.37. The van der Waals surface area contributed by atoms with E-state index in [9.17, 15) is 0 Å². The van der Waals surface area contributed by atoms with Crippen LogP contribution < -0.4 is 0 Å². The van der Waals surface area contributed by atoms with Crippen LogP contribution in [-0.2, 0) is 19.3 Å². The maximum atomic E-state index is 4.37. The maximum Gasteiger partial charge on any atom is 0.0664 e. The zero-order valence-electron chi connectivity index (χ0n) is 20.0. The van der Waals surface area contributed by atoms with E-state index in [0.717, 1.165) is 30.6 Å². The van der Waals surface area contributed by atoms with E-state index in [1.54, 1.807) is 0 Å². The first kappa shape index (κ1) is 27.7. The van der Waals surface area contributed by atoms with Gasteiger partial charge in [0.25, 0.3) is 0 Å². The SMILES string of the molecule is C.C1=Cc2cccnc2C1.C1=Cc2ncccc2C1.CC.CC.CC1=Nc2ccccc2C1. The summed E-state index contributed by atoms with van der Waals surface area (Å²) in [5.41, 5.74) is 8.70. The quantitative estimate of drug-likeness (QED) is 0.352. The highest BCUT2D eigenvalue weighted by Gasteiger charge is 2.08. The first-order chi connectivity index (χ1) is 15.8. The van der Waals surface area contributed by atoms with Gasteiger partial charge < -0.3 is 0 Å². The molecule has 2 aliphatic carbocycles. The average Bonchev–Trinajstić information content (AvgIpc) is 3.60. The van der Waals surface area contributed by atoms with Crippen molar-refractivity contribution in [2.24, 2.45) is 4.99 Å². The van der Waals surface area contributed by atoms with Gasteiger partial charge in [0.05, 0.1) is 17.1 Å². The topological polar surface area (TPSA) is 38.1 Å². The number of fused-ring (bicyclic) bond motifs is 3. The molecule has 3 heterocycles. The molecule has 0 radical (unpaired) electrons. The van der Waals surface area contributed by atoms with Crippen LogP contribution in [-0.4, -0.2) is 15.7 Å². The highest BCUT2D eigenvalue weighted by atomic mass is 14.8. The Kier molecular flexibility index (Phi) is 13.0. The van der Waals surface area contributed by atoms with Crippen LogP contribution in [0.5, 0.6) is 0 Å². The van der Waals surface area contributed by atoms with Crippen LogP contribution in [0.25, 0.3) is 12.2 Å². The van der Waals surface area contributed by atoms with Crippen molar-refractivity contribution in [1.82, 2.24) is 9.97 Å². The van der Waals surface area contributed by atoms with Crippen LogP contribution in [0.1, 0.15) is 70.1 Å². The molecule has 0 saturated heterocycles. The Balaban J connectivity index is 0.000000227. The van der Waals surface area contributed by atoms with E-state index in [1.807, 2.05) is 58.3 Å². The van der Waals surface area contributed by atoms with Crippen LogP contribution in [0.3, 0.4) is 0 Å². The highest BCUT2D eigenvalue weighted by molar-refractivity contribution is 5.91. The minimum Gasteiger partial charge on any atom is -0.260 e. The van der Waals surface area contributed by atoms with Crippen LogP contribution in [0.4, 0.5) is 5.69 Å². The van der Waals surface area contributed by atoms with Gasteiger partial charge in [-0.3, -0.25) is 15.0 Å². The molecule has 1 aromatic carbocycles. The highest BCUT2D eigenvalue weighted by Crippen LogP contribution is 2.25. The fourth-order valence-electron chi connectivity index (χ4n) is 3.43. The molecule has 0 amide bonds. The van der Waals surface area contributed by atoms with Gasteiger partial charge in [-0.05, 0) is 54.3 Å². The van der Waals surface area contributed by atoms with E-state index < -0.39 is 0 Å². The van der Waals surface area contributed by atoms with Crippen LogP contribution in [0, 0.1) is 0 Å². The average molecular weight is 442 g/mol. The second-order valence-corrected chi connectivity index (χ2v) is 6.95. The molecule has 3 aliphatic rings. The van der Waals surface area contributed by atoms with E-state index in [2.05, 4.69) is 76.5 Å². The number of rotatable bonds is 0. The summed E-state index contributed by atoms with van der Waals surface area (Å²) in [7, 11) is 0. The number of pyridine rings is 2. The molecule has 0 unspecified atom stereocenters. The lowest BCUT2D eigenvalue weighted by Gasteiger charge is -1.92. The van der Waals surface area contributed by atoms with E-state index in [-0.39, 0.29) is 7.43 Å². The molecule has 0 fully saturated rings. The van der Waals surface area contributed by atoms with E-state index in [0.29, 0.717) is 0 Å². The summed E-state index contributed by atoms with van der Waals surface area (Å²) >= 11 is 0. The van der Waals surface area contributed by atoms with Gasteiger partial charge in [-0.2, -0.15) is 0 Å². The third-order valence-electron chi connectivity index (χ3n) is 4.82. The molecule has 1 aliphatic heterocycles. The van der Waals surface area contributed by atoms with Gasteiger partial charge >= 0.3 is 0 Å².